The quantitative estimate of drug-likeness (QED) is 0.821. The van der Waals surface area contributed by atoms with Crippen molar-refractivity contribution in [1.82, 2.24) is 9.97 Å². The summed E-state index contributed by atoms with van der Waals surface area (Å²) in [4.78, 5) is 8.89. The monoisotopic (exact) mass is 234 g/mol. The molecule has 0 aromatic carbocycles. The van der Waals surface area contributed by atoms with Crippen molar-refractivity contribution in [1.29, 1.82) is 0 Å². The molecule has 94 valence electrons. The van der Waals surface area contributed by atoms with E-state index >= 15 is 0 Å². The molecule has 4 nitrogen and oxygen atoms in total. The molecule has 0 spiro atoms. The van der Waals surface area contributed by atoms with Gasteiger partial charge in [-0.05, 0) is 39.0 Å². The van der Waals surface area contributed by atoms with E-state index < -0.39 is 0 Å². The lowest BCUT2D eigenvalue weighted by atomic mass is 10.2. The number of rotatable bonds is 5. The number of anilines is 2. The normalized spacial score (nSPS) is 16.9. The van der Waals surface area contributed by atoms with Gasteiger partial charge in [-0.1, -0.05) is 6.92 Å². The second-order valence-corrected chi connectivity index (χ2v) is 5.02. The van der Waals surface area contributed by atoms with Crippen molar-refractivity contribution in [2.75, 3.05) is 11.1 Å². The lowest BCUT2D eigenvalue weighted by Gasteiger charge is -2.17. The van der Waals surface area contributed by atoms with Gasteiger partial charge in [0.1, 0.15) is 17.5 Å². The fourth-order valence-corrected chi connectivity index (χ4v) is 1.99. The first-order valence-corrected chi connectivity index (χ1v) is 6.51. The van der Waals surface area contributed by atoms with E-state index in [0.717, 1.165) is 36.0 Å². The zero-order chi connectivity index (χ0) is 12.4. The Labute approximate surface area is 103 Å². The first-order chi connectivity index (χ1) is 8.11. The SMILES string of the molecule is CCCc1nc(N)c(C)c(NC(C)C2CC2)n1. The first kappa shape index (κ1) is 12.1. The predicted octanol–water partition coefficient (Wildman–Crippen LogP) is 2.53. The van der Waals surface area contributed by atoms with E-state index in [1.807, 2.05) is 6.92 Å². The van der Waals surface area contributed by atoms with Crippen LogP contribution in [0.2, 0.25) is 0 Å². The van der Waals surface area contributed by atoms with Crippen molar-refractivity contribution in [3.05, 3.63) is 11.4 Å². The summed E-state index contributed by atoms with van der Waals surface area (Å²) in [5.74, 6) is 3.18. The van der Waals surface area contributed by atoms with Crippen molar-refractivity contribution in [3.8, 4) is 0 Å². The maximum Gasteiger partial charge on any atom is 0.134 e. The van der Waals surface area contributed by atoms with Gasteiger partial charge in [0, 0.05) is 18.0 Å². The van der Waals surface area contributed by atoms with E-state index in [2.05, 4.69) is 29.1 Å². The summed E-state index contributed by atoms with van der Waals surface area (Å²) in [6.45, 7) is 6.32. The number of aryl methyl sites for hydroxylation is 1. The van der Waals surface area contributed by atoms with Crippen LogP contribution in [-0.2, 0) is 6.42 Å². The average molecular weight is 234 g/mol. The number of nitrogens with zero attached hydrogens (tertiary/aromatic N) is 2. The topological polar surface area (TPSA) is 63.8 Å². The molecule has 1 unspecified atom stereocenters. The number of nitrogen functional groups attached to an aromatic ring is 1. The second-order valence-electron chi connectivity index (χ2n) is 5.02. The molecule has 17 heavy (non-hydrogen) atoms. The Morgan fingerprint density at radius 3 is 2.71 bits per heavy atom. The van der Waals surface area contributed by atoms with Crippen LogP contribution >= 0.6 is 0 Å². The Morgan fingerprint density at radius 2 is 2.12 bits per heavy atom. The zero-order valence-electron chi connectivity index (χ0n) is 11.0. The second kappa shape index (κ2) is 4.90. The van der Waals surface area contributed by atoms with Crippen LogP contribution in [0.1, 0.15) is 44.5 Å². The van der Waals surface area contributed by atoms with Crippen LogP contribution < -0.4 is 11.1 Å². The molecule has 1 saturated carbocycles. The number of hydrogen-bond acceptors (Lipinski definition) is 4. The summed E-state index contributed by atoms with van der Waals surface area (Å²) in [5, 5.41) is 3.48. The van der Waals surface area contributed by atoms with Crippen molar-refractivity contribution in [2.45, 2.75) is 52.5 Å². The van der Waals surface area contributed by atoms with Crippen LogP contribution in [-0.4, -0.2) is 16.0 Å². The van der Waals surface area contributed by atoms with E-state index in [9.17, 15) is 0 Å². The van der Waals surface area contributed by atoms with Crippen LogP contribution in [0, 0.1) is 12.8 Å². The van der Waals surface area contributed by atoms with Gasteiger partial charge in [-0.15, -0.1) is 0 Å². The predicted molar refractivity (Wildman–Crippen MR) is 71.0 cm³/mol. The van der Waals surface area contributed by atoms with Crippen LogP contribution in [0.3, 0.4) is 0 Å². The minimum atomic E-state index is 0.484. The van der Waals surface area contributed by atoms with Gasteiger partial charge in [-0.25, -0.2) is 9.97 Å². The molecule has 1 heterocycles. The molecular weight excluding hydrogens is 212 g/mol. The molecule has 0 saturated heterocycles. The van der Waals surface area contributed by atoms with Gasteiger partial charge < -0.3 is 11.1 Å². The number of nitrogens with two attached hydrogens (primary N) is 1. The summed E-state index contributed by atoms with van der Waals surface area (Å²) in [6.07, 6.45) is 4.59. The molecule has 1 fully saturated rings. The maximum absolute atomic E-state index is 5.93. The highest BCUT2D eigenvalue weighted by Gasteiger charge is 2.28. The Balaban J connectivity index is 2.18. The molecule has 0 amide bonds. The van der Waals surface area contributed by atoms with E-state index in [-0.39, 0.29) is 0 Å². The molecule has 0 bridgehead atoms. The lowest BCUT2D eigenvalue weighted by molar-refractivity contribution is 0.687. The number of nitrogens with one attached hydrogen (secondary N) is 1. The van der Waals surface area contributed by atoms with Crippen LogP contribution in [0.15, 0.2) is 0 Å². The lowest BCUT2D eigenvalue weighted by Crippen LogP contribution is -2.20. The molecule has 3 N–H and O–H groups in total. The minimum absolute atomic E-state index is 0.484. The average Bonchev–Trinajstić information content (AvgIpc) is 3.09. The molecule has 4 heteroatoms. The van der Waals surface area contributed by atoms with E-state index in [1.165, 1.54) is 12.8 Å². The molecule has 2 rings (SSSR count). The molecular formula is C13H22N4. The van der Waals surface area contributed by atoms with Crippen LogP contribution in [0.25, 0.3) is 0 Å². The molecule has 1 aliphatic rings. The van der Waals surface area contributed by atoms with Crippen molar-refractivity contribution in [2.24, 2.45) is 5.92 Å². The Bertz CT molecular complexity index is 399. The number of aromatic nitrogens is 2. The third-order valence-electron chi connectivity index (χ3n) is 3.40. The summed E-state index contributed by atoms with van der Waals surface area (Å²) in [5.41, 5.74) is 6.90. The fourth-order valence-electron chi connectivity index (χ4n) is 1.99. The summed E-state index contributed by atoms with van der Waals surface area (Å²) in [7, 11) is 0. The summed E-state index contributed by atoms with van der Waals surface area (Å²) >= 11 is 0. The molecule has 1 aliphatic carbocycles. The number of hydrogen-bond donors (Lipinski definition) is 2. The minimum Gasteiger partial charge on any atom is -0.383 e. The van der Waals surface area contributed by atoms with Gasteiger partial charge in [0.2, 0.25) is 0 Å². The van der Waals surface area contributed by atoms with E-state index in [0.29, 0.717) is 11.9 Å². The molecule has 1 aromatic heterocycles. The van der Waals surface area contributed by atoms with Crippen LogP contribution in [0.5, 0.6) is 0 Å². The highest BCUT2D eigenvalue weighted by molar-refractivity contribution is 5.55. The van der Waals surface area contributed by atoms with Gasteiger partial charge in [0.05, 0.1) is 0 Å². The van der Waals surface area contributed by atoms with Gasteiger partial charge >= 0.3 is 0 Å². The zero-order valence-corrected chi connectivity index (χ0v) is 11.0. The van der Waals surface area contributed by atoms with Crippen molar-refractivity contribution in [3.63, 3.8) is 0 Å². The van der Waals surface area contributed by atoms with Crippen LogP contribution in [0.4, 0.5) is 11.6 Å². The third-order valence-corrected chi connectivity index (χ3v) is 3.40. The highest BCUT2D eigenvalue weighted by atomic mass is 15.1. The third kappa shape index (κ3) is 2.87. The Morgan fingerprint density at radius 1 is 1.41 bits per heavy atom. The van der Waals surface area contributed by atoms with Gasteiger partial charge in [0.15, 0.2) is 0 Å². The maximum atomic E-state index is 5.93. The smallest absolute Gasteiger partial charge is 0.134 e. The fraction of sp³-hybridized carbons (Fsp3) is 0.692. The Kier molecular flexibility index (Phi) is 3.50. The molecule has 0 aliphatic heterocycles. The summed E-state index contributed by atoms with van der Waals surface area (Å²) in [6, 6.07) is 0.484. The standard InChI is InChI=1S/C13H22N4/c1-4-5-11-16-12(14)8(2)13(17-11)15-9(3)10-6-7-10/h9-10H,4-7H2,1-3H3,(H3,14,15,16,17). The highest BCUT2D eigenvalue weighted by Crippen LogP contribution is 2.34. The van der Waals surface area contributed by atoms with E-state index in [1.54, 1.807) is 0 Å². The van der Waals surface area contributed by atoms with Crippen molar-refractivity contribution >= 4 is 11.6 Å². The van der Waals surface area contributed by atoms with E-state index in [4.69, 9.17) is 5.73 Å². The molecule has 1 aromatic rings. The molecule has 1 atom stereocenters. The van der Waals surface area contributed by atoms with Gasteiger partial charge in [-0.3, -0.25) is 0 Å². The van der Waals surface area contributed by atoms with Gasteiger partial charge in [0.25, 0.3) is 0 Å². The Hall–Kier alpha value is -1.32. The largest absolute Gasteiger partial charge is 0.383 e. The van der Waals surface area contributed by atoms with Crippen molar-refractivity contribution < 1.29 is 0 Å². The molecule has 0 radical (unpaired) electrons. The first-order valence-electron chi connectivity index (χ1n) is 6.51. The van der Waals surface area contributed by atoms with Gasteiger partial charge in [-0.2, -0.15) is 0 Å². The summed E-state index contributed by atoms with van der Waals surface area (Å²) < 4.78 is 0.